The monoisotopic (exact) mass is 483 g/mol. The molecule has 3 N–H and O–H groups in total. The van der Waals surface area contributed by atoms with Gasteiger partial charge in [-0.25, -0.2) is 0 Å². The van der Waals surface area contributed by atoms with Crippen molar-refractivity contribution in [2.24, 2.45) is 0 Å². The Balaban J connectivity index is 1.82. The lowest BCUT2D eigenvalue weighted by atomic mass is 10.00. The third-order valence-electron chi connectivity index (χ3n) is 5.56. The Labute approximate surface area is 194 Å². The van der Waals surface area contributed by atoms with Crippen LogP contribution >= 0.6 is 11.6 Å². The van der Waals surface area contributed by atoms with E-state index in [0.29, 0.717) is 16.7 Å². The molecule has 3 aromatic rings. The van der Waals surface area contributed by atoms with Crippen LogP contribution in [0.25, 0.3) is 22.4 Å². The lowest BCUT2D eigenvalue weighted by Crippen LogP contribution is -2.24. The van der Waals surface area contributed by atoms with E-state index in [0.717, 1.165) is 17.5 Å². The molecule has 2 aromatic heterocycles. The van der Waals surface area contributed by atoms with E-state index in [9.17, 15) is 23.4 Å². The zero-order valence-corrected chi connectivity index (χ0v) is 19.0. The predicted octanol–water partition coefficient (Wildman–Crippen LogP) is 5.76. The van der Waals surface area contributed by atoms with Gasteiger partial charge in [-0.15, -0.1) is 0 Å². The van der Waals surface area contributed by atoms with E-state index in [1.807, 2.05) is 0 Å². The Kier molecular flexibility index (Phi) is 6.24. The van der Waals surface area contributed by atoms with Gasteiger partial charge in [0.15, 0.2) is 5.69 Å². The molecule has 1 fully saturated rings. The van der Waals surface area contributed by atoms with Crippen molar-refractivity contribution in [1.29, 1.82) is 0 Å². The summed E-state index contributed by atoms with van der Waals surface area (Å²) in [5.74, 6) is -0.124. The molecule has 0 radical (unpaired) electrons. The average Bonchev–Trinajstić information content (AvgIpc) is 3.29. The molecular weight excluding hydrogens is 459 g/mol. The molecule has 10 heteroatoms. The minimum Gasteiger partial charge on any atom is -0.506 e. The van der Waals surface area contributed by atoms with Crippen LogP contribution in [0.2, 0.25) is 5.02 Å². The summed E-state index contributed by atoms with van der Waals surface area (Å²) in [6, 6.07) is 4.74. The number of aromatic nitrogens is 3. The smallest absolute Gasteiger partial charge is 0.433 e. The number of aromatic amines is 1. The molecule has 0 bridgehead atoms. The SMILES string of the molecule is CC(C)(O)CCn1ncc(-c2[nH]cc(-c3cccc(O)c3Cl)c2COC2CC2)c1C(F)(F)F. The van der Waals surface area contributed by atoms with Gasteiger partial charge >= 0.3 is 6.18 Å². The van der Waals surface area contributed by atoms with Crippen LogP contribution in [0, 0.1) is 0 Å². The number of alkyl halides is 3. The van der Waals surface area contributed by atoms with Crippen molar-refractivity contribution in [2.45, 2.75) is 64.1 Å². The molecule has 0 saturated heterocycles. The van der Waals surface area contributed by atoms with Gasteiger partial charge in [-0.1, -0.05) is 23.7 Å². The maximum absolute atomic E-state index is 14.1. The number of H-pyrrole nitrogens is 1. The standard InChI is InChI=1S/C23H25ClF3N3O3/c1-22(2,32)8-9-30-21(23(25,26)27)16(11-29-30)20-17(12-33-13-6-7-13)15(10-28-20)14-4-3-5-18(31)19(14)24/h3-5,10-11,13,28,31-32H,6-9,12H2,1-2H3. The molecule has 6 nitrogen and oxygen atoms in total. The highest BCUT2D eigenvalue weighted by Gasteiger charge is 2.40. The normalized spacial score (nSPS) is 14.8. The van der Waals surface area contributed by atoms with E-state index in [2.05, 4.69) is 10.1 Å². The highest BCUT2D eigenvalue weighted by atomic mass is 35.5. The minimum atomic E-state index is -4.67. The second-order valence-electron chi connectivity index (χ2n) is 8.90. The summed E-state index contributed by atoms with van der Waals surface area (Å²) < 4.78 is 49.1. The molecule has 0 atom stereocenters. The number of hydrogen-bond acceptors (Lipinski definition) is 4. The van der Waals surface area contributed by atoms with Crippen LogP contribution in [-0.2, 0) is 24.1 Å². The topological polar surface area (TPSA) is 83.3 Å². The molecular formula is C23H25ClF3N3O3. The number of aromatic hydroxyl groups is 1. The first-order valence-corrected chi connectivity index (χ1v) is 11.0. The van der Waals surface area contributed by atoms with Crippen molar-refractivity contribution in [3.8, 4) is 28.1 Å². The highest BCUT2D eigenvalue weighted by Crippen LogP contribution is 2.43. The first-order valence-electron chi connectivity index (χ1n) is 10.6. The van der Waals surface area contributed by atoms with E-state index in [-0.39, 0.29) is 47.7 Å². The summed E-state index contributed by atoms with van der Waals surface area (Å²) in [6.07, 6.45) is 0.0630. The molecule has 33 heavy (non-hydrogen) atoms. The van der Waals surface area contributed by atoms with E-state index in [1.165, 1.54) is 26.1 Å². The first kappa shape index (κ1) is 23.7. The van der Waals surface area contributed by atoms with E-state index in [1.54, 1.807) is 18.3 Å². The number of rotatable bonds is 8. The van der Waals surface area contributed by atoms with Gasteiger partial charge in [0.25, 0.3) is 0 Å². The van der Waals surface area contributed by atoms with Gasteiger partial charge in [0.05, 0.1) is 35.2 Å². The van der Waals surface area contributed by atoms with Crippen molar-refractivity contribution in [1.82, 2.24) is 14.8 Å². The van der Waals surface area contributed by atoms with Crippen LogP contribution in [0.1, 0.15) is 44.4 Å². The summed E-state index contributed by atoms with van der Waals surface area (Å²) in [5.41, 5.74) is -0.400. The number of ether oxygens (including phenoxy) is 1. The second kappa shape index (κ2) is 8.70. The second-order valence-corrected chi connectivity index (χ2v) is 9.27. The molecule has 0 amide bonds. The summed E-state index contributed by atoms with van der Waals surface area (Å²) >= 11 is 6.30. The van der Waals surface area contributed by atoms with Gasteiger partial charge in [-0.2, -0.15) is 18.3 Å². The van der Waals surface area contributed by atoms with Gasteiger partial charge < -0.3 is 19.9 Å². The minimum absolute atomic E-state index is 0.0803. The number of halogens is 4. The molecule has 0 spiro atoms. The summed E-state index contributed by atoms with van der Waals surface area (Å²) in [7, 11) is 0. The zero-order chi connectivity index (χ0) is 24.0. The predicted molar refractivity (Wildman–Crippen MR) is 118 cm³/mol. The molecule has 1 aliphatic rings. The maximum Gasteiger partial charge on any atom is 0.433 e. The number of benzene rings is 1. The molecule has 0 aliphatic heterocycles. The number of aliphatic hydroxyl groups is 1. The molecule has 4 rings (SSSR count). The number of nitrogens with zero attached hydrogens (tertiary/aromatic N) is 2. The Bertz CT molecular complexity index is 1140. The lowest BCUT2D eigenvalue weighted by Gasteiger charge is -2.19. The van der Waals surface area contributed by atoms with Gasteiger partial charge in [0, 0.05) is 35.0 Å². The molecule has 178 valence electrons. The number of phenolic OH excluding ortho intramolecular Hbond substituents is 1. The summed E-state index contributed by atoms with van der Waals surface area (Å²) in [5, 5.41) is 24.1. The van der Waals surface area contributed by atoms with Gasteiger partial charge in [-0.3, -0.25) is 4.68 Å². The van der Waals surface area contributed by atoms with Gasteiger partial charge in [-0.05, 0) is 39.2 Å². The molecule has 1 aromatic carbocycles. The summed E-state index contributed by atoms with van der Waals surface area (Å²) in [6.45, 7) is 3.05. The van der Waals surface area contributed by atoms with Crippen LogP contribution < -0.4 is 0 Å². The van der Waals surface area contributed by atoms with Crippen molar-refractivity contribution in [3.05, 3.63) is 46.9 Å². The Hall–Kier alpha value is -2.49. The number of aryl methyl sites for hydroxylation is 1. The molecule has 0 unspecified atom stereocenters. The van der Waals surface area contributed by atoms with Crippen LogP contribution in [0.3, 0.4) is 0 Å². The number of hydrogen-bond donors (Lipinski definition) is 3. The van der Waals surface area contributed by atoms with Crippen LogP contribution in [0.4, 0.5) is 13.2 Å². The number of phenols is 1. The maximum atomic E-state index is 14.1. The van der Waals surface area contributed by atoms with Gasteiger partial charge in [0.1, 0.15) is 5.75 Å². The van der Waals surface area contributed by atoms with E-state index >= 15 is 0 Å². The molecule has 1 aliphatic carbocycles. The van der Waals surface area contributed by atoms with E-state index < -0.39 is 17.5 Å². The molecule has 1 saturated carbocycles. The fourth-order valence-electron chi connectivity index (χ4n) is 3.66. The quantitative estimate of drug-likeness (QED) is 0.380. The largest absolute Gasteiger partial charge is 0.506 e. The van der Waals surface area contributed by atoms with Crippen LogP contribution in [0.5, 0.6) is 5.75 Å². The highest BCUT2D eigenvalue weighted by molar-refractivity contribution is 6.34. The number of nitrogens with one attached hydrogen (secondary N) is 1. The van der Waals surface area contributed by atoms with Crippen molar-refractivity contribution in [2.75, 3.05) is 0 Å². The van der Waals surface area contributed by atoms with Crippen LogP contribution in [0.15, 0.2) is 30.6 Å². The van der Waals surface area contributed by atoms with Gasteiger partial charge in [0.2, 0.25) is 0 Å². The zero-order valence-electron chi connectivity index (χ0n) is 18.2. The fourth-order valence-corrected chi connectivity index (χ4v) is 3.89. The Morgan fingerprint density at radius 1 is 1.21 bits per heavy atom. The third kappa shape index (κ3) is 5.20. The lowest BCUT2D eigenvalue weighted by molar-refractivity contribution is -0.144. The molecule has 2 heterocycles. The average molecular weight is 484 g/mol. The van der Waals surface area contributed by atoms with Crippen molar-refractivity contribution < 1.29 is 28.1 Å². The summed E-state index contributed by atoms with van der Waals surface area (Å²) in [4.78, 5) is 2.96. The first-order chi connectivity index (χ1) is 15.5. The Morgan fingerprint density at radius 3 is 2.58 bits per heavy atom. The fraction of sp³-hybridized carbons (Fsp3) is 0.435. The van der Waals surface area contributed by atoms with E-state index in [4.69, 9.17) is 16.3 Å². The Morgan fingerprint density at radius 2 is 1.94 bits per heavy atom. The van der Waals surface area contributed by atoms with Crippen molar-refractivity contribution in [3.63, 3.8) is 0 Å². The van der Waals surface area contributed by atoms with Crippen LogP contribution in [-0.4, -0.2) is 36.7 Å². The third-order valence-corrected chi connectivity index (χ3v) is 5.95. The van der Waals surface area contributed by atoms with Crippen molar-refractivity contribution >= 4 is 11.6 Å².